The van der Waals surface area contributed by atoms with Gasteiger partial charge in [0.1, 0.15) is 5.82 Å². The van der Waals surface area contributed by atoms with Gasteiger partial charge in [0.25, 0.3) is 5.91 Å². The van der Waals surface area contributed by atoms with Crippen LogP contribution in [0.3, 0.4) is 0 Å². The van der Waals surface area contributed by atoms with Crippen LogP contribution in [0.15, 0.2) is 47.3 Å². The minimum atomic E-state index is -0.552. The maximum absolute atomic E-state index is 12.9. The molecule has 3 rings (SSSR count). The van der Waals surface area contributed by atoms with Crippen LogP contribution < -0.4 is 10.7 Å². The Morgan fingerprint density at radius 1 is 1.21 bits per heavy atom. The summed E-state index contributed by atoms with van der Waals surface area (Å²) < 4.78 is 14.4. The Morgan fingerprint density at radius 2 is 1.92 bits per heavy atom. The van der Waals surface area contributed by atoms with Gasteiger partial charge in [0, 0.05) is 13.6 Å². The predicted octanol–water partition coefficient (Wildman–Crippen LogP) is 2.31. The Hall–Kier alpha value is -3.02. The zero-order chi connectivity index (χ0) is 17.3. The number of rotatable bonds is 3. The number of amides is 1. The summed E-state index contributed by atoms with van der Waals surface area (Å²) in [6, 6.07) is 11.2. The van der Waals surface area contributed by atoms with Crippen LogP contribution in [0.4, 0.5) is 4.39 Å². The molecule has 122 valence electrons. The fourth-order valence-electron chi connectivity index (χ4n) is 2.51. The molecule has 0 aliphatic carbocycles. The molecule has 24 heavy (non-hydrogen) atoms. The monoisotopic (exact) mass is 325 g/mol. The highest BCUT2D eigenvalue weighted by Gasteiger charge is 2.16. The van der Waals surface area contributed by atoms with Gasteiger partial charge in [-0.2, -0.15) is 5.10 Å². The van der Waals surface area contributed by atoms with E-state index in [0.29, 0.717) is 10.9 Å². The quantitative estimate of drug-likeness (QED) is 0.804. The fourth-order valence-corrected chi connectivity index (χ4v) is 2.51. The summed E-state index contributed by atoms with van der Waals surface area (Å²) in [5.74, 6) is -0.895. The lowest BCUT2D eigenvalue weighted by molar-refractivity contribution is 0.0943. The lowest BCUT2D eigenvalue weighted by Crippen LogP contribution is -2.31. The van der Waals surface area contributed by atoms with Gasteiger partial charge in [-0.15, -0.1) is 0 Å². The second-order valence-corrected chi connectivity index (χ2v) is 5.63. The first-order valence-electron chi connectivity index (χ1n) is 7.46. The lowest BCUT2D eigenvalue weighted by atomic mass is 10.1. The average Bonchev–Trinajstić information content (AvgIpc) is 2.57. The molecule has 1 heterocycles. The van der Waals surface area contributed by atoms with Crippen molar-refractivity contribution < 1.29 is 9.18 Å². The number of nitrogens with one attached hydrogen (secondary N) is 1. The average molecular weight is 325 g/mol. The van der Waals surface area contributed by atoms with Crippen molar-refractivity contribution >= 4 is 16.8 Å². The van der Waals surface area contributed by atoms with E-state index in [0.717, 1.165) is 11.1 Å². The van der Waals surface area contributed by atoms with Crippen molar-refractivity contribution in [3.8, 4) is 0 Å². The van der Waals surface area contributed by atoms with Gasteiger partial charge in [-0.1, -0.05) is 23.8 Å². The Morgan fingerprint density at radius 3 is 2.62 bits per heavy atom. The van der Waals surface area contributed by atoms with Crippen LogP contribution in [-0.2, 0) is 13.6 Å². The molecule has 0 atom stereocenters. The highest BCUT2D eigenvalue weighted by atomic mass is 19.1. The summed E-state index contributed by atoms with van der Waals surface area (Å²) in [6.07, 6.45) is 0. The molecule has 1 amide bonds. The van der Waals surface area contributed by atoms with Gasteiger partial charge in [0.05, 0.1) is 10.9 Å². The van der Waals surface area contributed by atoms with E-state index < -0.39 is 11.3 Å². The maximum Gasteiger partial charge on any atom is 0.276 e. The second-order valence-electron chi connectivity index (χ2n) is 5.63. The van der Waals surface area contributed by atoms with Crippen molar-refractivity contribution in [2.75, 3.05) is 0 Å². The van der Waals surface area contributed by atoms with Crippen LogP contribution in [0.2, 0.25) is 0 Å². The number of aromatic nitrogens is 2. The molecule has 0 radical (unpaired) electrons. The summed E-state index contributed by atoms with van der Waals surface area (Å²) in [6.45, 7) is 2.07. The molecule has 0 spiro atoms. The molecule has 6 heteroatoms. The number of benzene rings is 2. The van der Waals surface area contributed by atoms with Crippen LogP contribution in [0, 0.1) is 12.7 Å². The molecule has 3 aromatic rings. The van der Waals surface area contributed by atoms with Gasteiger partial charge in [-0.3, -0.25) is 14.3 Å². The first kappa shape index (κ1) is 15.9. The van der Waals surface area contributed by atoms with Gasteiger partial charge in [-0.05, 0) is 36.8 Å². The first-order valence-corrected chi connectivity index (χ1v) is 7.46. The van der Waals surface area contributed by atoms with Crippen LogP contribution in [0.1, 0.15) is 21.6 Å². The molecule has 5 nitrogen and oxygen atoms in total. The standard InChI is InChI=1S/C18H16FN3O2/c1-11-3-8-15-14(9-11)17(23)16(21-22(15)2)18(24)20-10-12-4-6-13(19)7-5-12/h3-9H,10H2,1-2H3,(H,20,24). The molecular formula is C18H16FN3O2. The second kappa shape index (κ2) is 6.23. The van der Waals surface area contributed by atoms with E-state index in [-0.39, 0.29) is 18.1 Å². The Labute approximate surface area is 137 Å². The molecule has 0 saturated heterocycles. The highest BCUT2D eigenvalue weighted by Crippen LogP contribution is 2.11. The van der Waals surface area contributed by atoms with Gasteiger partial charge in [0.15, 0.2) is 5.69 Å². The number of hydrogen-bond acceptors (Lipinski definition) is 3. The minimum absolute atomic E-state index is 0.155. The van der Waals surface area contributed by atoms with Crippen LogP contribution in [-0.4, -0.2) is 15.7 Å². The zero-order valence-electron chi connectivity index (χ0n) is 13.3. The number of carbonyl (C=O) groups excluding carboxylic acids is 1. The molecule has 0 fully saturated rings. The van der Waals surface area contributed by atoms with E-state index in [1.54, 1.807) is 31.3 Å². The Balaban J connectivity index is 1.91. The molecule has 0 aliphatic rings. The third-order valence-electron chi connectivity index (χ3n) is 3.79. The third kappa shape index (κ3) is 3.03. The van der Waals surface area contributed by atoms with E-state index in [1.165, 1.54) is 16.8 Å². The van der Waals surface area contributed by atoms with Crippen LogP contribution >= 0.6 is 0 Å². The molecule has 0 saturated carbocycles. The van der Waals surface area contributed by atoms with E-state index in [9.17, 15) is 14.0 Å². The molecular weight excluding hydrogens is 309 g/mol. The van der Waals surface area contributed by atoms with Gasteiger partial charge in [-0.25, -0.2) is 4.39 Å². The SMILES string of the molecule is Cc1ccc2c(c1)c(=O)c(C(=O)NCc1ccc(F)cc1)nn2C. The molecule has 0 aliphatic heterocycles. The number of aryl methyl sites for hydroxylation is 2. The Kier molecular flexibility index (Phi) is 4.12. The largest absolute Gasteiger partial charge is 0.346 e. The number of hydrogen-bond donors (Lipinski definition) is 1. The lowest BCUT2D eigenvalue weighted by Gasteiger charge is -2.09. The van der Waals surface area contributed by atoms with E-state index in [2.05, 4.69) is 10.4 Å². The maximum atomic E-state index is 12.9. The molecule has 1 aromatic heterocycles. The van der Waals surface area contributed by atoms with Crippen LogP contribution in [0.25, 0.3) is 10.9 Å². The van der Waals surface area contributed by atoms with Crippen molar-refractivity contribution in [3.05, 3.63) is 75.3 Å². The fraction of sp³-hybridized carbons (Fsp3) is 0.167. The number of halogens is 1. The van der Waals surface area contributed by atoms with Crippen molar-refractivity contribution in [3.63, 3.8) is 0 Å². The topological polar surface area (TPSA) is 64.0 Å². The Bertz CT molecular complexity index is 978. The summed E-state index contributed by atoms with van der Waals surface area (Å²) in [4.78, 5) is 24.9. The zero-order valence-corrected chi connectivity index (χ0v) is 13.3. The first-order chi connectivity index (χ1) is 11.5. The number of fused-ring (bicyclic) bond motifs is 1. The summed E-state index contributed by atoms with van der Waals surface area (Å²) >= 11 is 0. The highest BCUT2D eigenvalue weighted by molar-refractivity contribution is 5.95. The van der Waals surface area contributed by atoms with Gasteiger partial charge >= 0.3 is 0 Å². The van der Waals surface area contributed by atoms with Crippen molar-refractivity contribution in [1.82, 2.24) is 15.1 Å². The molecule has 0 bridgehead atoms. The van der Waals surface area contributed by atoms with Crippen molar-refractivity contribution in [1.29, 1.82) is 0 Å². The molecule has 1 N–H and O–H groups in total. The smallest absolute Gasteiger partial charge is 0.276 e. The summed E-state index contributed by atoms with van der Waals surface area (Å²) in [5, 5.41) is 7.19. The van der Waals surface area contributed by atoms with Gasteiger partial charge < -0.3 is 5.32 Å². The minimum Gasteiger partial charge on any atom is -0.346 e. The normalized spacial score (nSPS) is 10.8. The molecule has 0 unspecified atom stereocenters. The van der Waals surface area contributed by atoms with Gasteiger partial charge in [0.2, 0.25) is 5.43 Å². The third-order valence-corrected chi connectivity index (χ3v) is 3.79. The van der Waals surface area contributed by atoms with Crippen molar-refractivity contribution in [2.45, 2.75) is 13.5 Å². The van der Waals surface area contributed by atoms with E-state index in [4.69, 9.17) is 0 Å². The van der Waals surface area contributed by atoms with Crippen molar-refractivity contribution in [2.24, 2.45) is 7.05 Å². The molecule has 2 aromatic carbocycles. The summed E-state index contributed by atoms with van der Waals surface area (Å²) in [7, 11) is 1.69. The van der Waals surface area contributed by atoms with E-state index >= 15 is 0 Å². The summed E-state index contributed by atoms with van der Waals surface area (Å²) in [5.41, 5.74) is 1.78. The predicted molar refractivity (Wildman–Crippen MR) is 89.3 cm³/mol. The number of nitrogens with zero attached hydrogens (tertiary/aromatic N) is 2. The number of carbonyl (C=O) groups is 1. The van der Waals surface area contributed by atoms with E-state index in [1.807, 2.05) is 13.0 Å². The van der Waals surface area contributed by atoms with Crippen LogP contribution in [0.5, 0.6) is 0 Å².